The number of fused-ring (bicyclic) bond motifs is 1. The standard InChI is InChI=1S/C22H23NOS/c1-25-20-11-9-19(10-12-20)22(24)14-16-23-15-13-18-7-4-6-17-5-2-3-8-21(17)18/h2-12,23H,13-16H2,1H3. The summed E-state index contributed by atoms with van der Waals surface area (Å²) in [5, 5.41) is 5.99. The quantitative estimate of drug-likeness (QED) is 0.354. The summed E-state index contributed by atoms with van der Waals surface area (Å²) in [4.78, 5) is 13.4. The maximum absolute atomic E-state index is 12.2. The van der Waals surface area contributed by atoms with Gasteiger partial charge in [-0.05, 0) is 47.7 Å². The molecule has 0 spiro atoms. The highest BCUT2D eigenvalue weighted by Gasteiger charge is 2.05. The molecule has 0 amide bonds. The SMILES string of the molecule is CSc1ccc(C(=O)CCNCCc2cccc3ccccc23)cc1. The van der Waals surface area contributed by atoms with Crippen molar-refractivity contribution in [2.45, 2.75) is 17.7 Å². The molecule has 3 aromatic rings. The van der Waals surface area contributed by atoms with Crippen LogP contribution in [0.2, 0.25) is 0 Å². The number of ketones is 1. The molecule has 3 rings (SSSR count). The Morgan fingerprint density at radius 1 is 0.920 bits per heavy atom. The Morgan fingerprint density at radius 3 is 2.48 bits per heavy atom. The molecule has 128 valence electrons. The molecule has 0 saturated heterocycles. The smallest absolute Gasteiger partial charge is 0.164 e. The molecule has 0 fully saturated rings. The van der Waals surface area contributed by atoms with Crippen LogP contribution in [-0.4, -0.2) is 25.1 Å². The lowest BCUT2D eigenvalue weighted by atomic mass is 10.0. The number of rotatable bonds is 8. The maximum Gasteiger partial charge on any atom is 0.164 e. The minimum Gasteiger partial charge on any atom is -0.316 e. The molecule has 3 aromatic carbocycles. The molecule has 25 heavy (non-hydrogen) atoms. The van der Waals surface area contributed by atoms with Crippen molar-refractivity contribution in [2.75, 3.05) is 19.3 Å². The highest BCUT2D eigenvalue weighted by Crippen LogP contribution is 2.18. The number of hydrogen-bond donors (Lipinski definition) is 1. The van der Waals surface area contributed by atoms with Crippen molar-refractivity contribution in [3.63, 3.8) is 0 Å². The van der Waals surface area contributed by atoms with Gasteiger partial charge in [0.2, 0.25) is 0 Å². The first-order chi connectivity index (χ1) is 12.3. The zero-order valence-electron chi connectivity index (χ0n) is 14.5. The molecule has 0 aliphatic heterocycles. The Morgan fingerprint density at radius 2 is 1.68 bits per heavy atom. The molecule has 0 atom stereocenters. The number of nitrogens with one attached hydrogen (secondary N) is 1. The van der Waals surface area contributed by atoms with Crippen molar-refractivity contribution in [2.24, 2.45) is 0 Å². The van der Waals surface area contributed by atoms with Crippen LogP contribution in [0.25, 0.3) is 10.8 Å². The summed E-state index contributed by atoms with van der Waals surface area (Å²) in [5.41, 5.74) is 2.15. The van der Waals surface area contributed by atoms with E-state index in [1.165, 1.54) is 21.2 Å². The minimum atomic E-state index is 0.199. The predicted octanol–water partition coefficient (Wildman–Crippen LogP) is 4.97. The fourth-order valence-electron chi connectivity index (χ4n) is 2.98. The summed E-state index contributed by atoms with van der Waals surface area (Å²) < 4.78 is 0. The van der Waals surface area contributed by atoms with Crippen LogP contribution in [0.4, 0.5) is 0 Å². The number of benzene rings is 3. The van der Waals surface area contributed by atoms with Crippen LogP contribution in [0.3, 0.4) is 0 Å². The number of thioether (sulfide) groups is 1. The van der Waals surface area contributed by atoms with E-state index in [4.69, 9.17) is 0 Å². The summed E-state index contributed by atoms with van der Waals surface area (Å²) in [6, 6.07) is 22.8. The van der Waals surface area contributed by atoms with Gasteiger partial charge in [0.15, 0.2) is 5.78 Å². The van der Waals surface area contributed by atoms with Gasteiger partial charge in [0.1, 0.15) is 0 Å². The van der Waals surface area contributed by atoms with Crippen LogP contribution in [-0.2, 0) is 6.42 Å². The summed E-state index contributed by atoms with van der Waals surface area (Å²) in [5.74, 6) is 0.199. The second kappa shape index (κ2) is 8.84. The summed E-state index contributed by atoms with van der Waals surface area (Å²) in [7, 11) is 0. The van der Waals surface area contributed by atoms with Gasteiger partial charge in [0, 0.05) is 23.4 Å². The Bertz CT molecular complexity index is 837. The Kier molecular flexibility index (Phi) is 6.26. The van der Waals surface area contributed by atoms with Crippen molar-refractivity contribution >= 4 is 28.3 Å². The van der Waals surface area contributed by atoms with E-state index in [0.29, 0.717) is 13.0 Å². The van der Waals surface area contributed by atoms with Gasteiger partial charge in [-0.25, -0.2) is 0 Å². The van der Waals surface area contributed by atoms with E-state index in [-0.39, 0.29) is 5.78 Å². The molecule has 0 bridgehead atoms. The summed E-state index contributed by atoms with van der Waals surface area (Å²) in [6.07, 6.45) is 3.54. The molecule has 0 radical (unpaired) electrons. The third-order valence-corrected chi connectivity index (χ3v) is 5.14. The van der Waals surface area contributed by atoms with Gasteiger partial charge in [-0.3, -0.25) is 4.79 Å². The van der Waals surface area contributed by atoms with Crippen molar-refractivity contribution in [3.05, 3.63) is 77.9 Å². The van der Waals surface area contributed by atoms with Gasteiger partial charge in [-0.1, -0.05) is 54.6 Å². The Balaban J connectivity index is 1.46. The predicted molar refractivity (Wildman–Crippen MR) is 108 cm³/mol. The topological polar surface area (TPSA) is 29.1 Å². The largest absolute Gasteiger partial charge is 0.316 e. The van der Waals surface area contributed by atoms with Crippen molar-refractivity contribution < 1.29 is 4.79 Å². The van der Waals surface area contributed by atoms with Crippen LogP contribution < -0.4 is 5.32 Å². The van der Waals surface area contributed by atoms with Gasteiger partial charge in [0.05, 0.1) is 0 Å². The molecule has 0 aliphatic carbocycles. The fraction of sp³-hybridized carbons (Fsp3) is 0.227. The molecule has 0 heterocycles. The first-order valence-electron chi connectivity index (χ1n) is 8.62. The lowest BCUT2D eigenvalue weighted by Crippen LogP contribution is -2.21. The number of carbonyl (C=O) groups is 1. The Labute approximate surface area is 153 Å². The minimum absolute atomic E-state index is 0.199. The fourth-order valence-corrected chi connectivity index (χ4v) is 3.39. The van der Waals surface area contributed by atoms with E-state index in [1.54, 1.807) is 11.8 Å². The first-order valence-corrected chi connectivity index (χ1v) is 9.85. The van der Waals surface area contributed by atoms with E-state index < -0.39 is 0 Å². The highest BCUT2D eigenvalue weighted by atomic mass is 32.2. The van der Waals surface area contributed by atoms with Gasteiger partial charge in [-0.15, -0.1) is 11.8 Å². The van der Waals surface area contributed by atoms with Gasteiger partial charge >= 0.3 is 0 Å². The molecule has 1 N–H and O–H groups in total. The molecule has 0 aliphatic rings. The van der Waals surface area contributed by atoms with Crippen LogP contribution in [0, 0.1) is 0 Å². The summed E-state index contributed by atoms with van der Waals surface area (Å²) in [6.45, 7) is 1.60. The van der Waals surface area contributed by atoms with Crippen LogP contribution in [0.1, 0.15) is 22.3 Å². The van der Waals surface area contributed by atoms with Crippen molar-refractivity contribution in [1.29, 1.82) is 0 Å². The molecule has 2 nitrogen and oxygen atoms in total. The zero-order valence-corrected chi connectivity index (χ0v) is 15.3. The lowest BCUT2D eigenvalue weighted by molar-refractivity contribution is 0.0982. The lowest BCUT2D eigenvalue weighted by Gasteiger charge is -2.08. The molecule has 0 saturated carbocycles. The average molecular weight is 349 g/mol. The molecule has 0 aromatic heterocycles. The molecule has 3 heteroatoms. The summed E-state index contributed by atoms with van der Waals surface area (Å²) >= 11 is 1.69. The van der Waals surface area contributed by atoms with Crippen LogP contribution in [0.15, 0.2) is 71.6 Å². The molecular formula is C22H23NOS. The number of hydrogen-bond acceptors (Lipinski definition) is 3. The average Bonchev–Trinajstić information content (AvgIpc) is 2.67. The normalized spacial score (nSPS) is 10.9. The van der Waals surface area contributed by atoms with E-state index in [9.17, 15) is 4.79 Å². The second-order valence-corrected chi connectivity index (χ2v) is 6.92. The molecular weight excluding hydrogens is 326 g/mol. The zero-order chi connectivity index (χ0) is 17.5. The van der Waals surface area contributed by atoms with E-state index >= 15 is 0 Å². The van der Waals surface area contributed by atoms with Crippen molar-refractivity contribution in [1.82, 2.24) is 5.32 Å². The van der Waals surface area contributed by atoms with Gasteiger partial charge < -0.3 is 5.32 Å². The number of carbonyl (C=O) groups excluding carboxylic acids is 1. The first kappa shape index (κ1) is 17.7. The van der Waals surface area contributed by atoms with E-state index in [0.717, 1.165) is 18.5 Å². The monoisotopic (exact) mass is 349 g/mol. The van der Waals surface area contributed by atoms with Crippen molar-refractivity contribution in [3.8, 4) is 0 Å². The second-order valence-electron chi connectivity index (χ2n) is 6.04. The maximum atomic E-state index is 12.2. The van der Waals surface area contributed by atoms with Gasteiger partial charge in [-0.2, -0.15) is 0 Å². The Hall–Kier alpha value is -2.10. The number of Topliss-reactive ketones (excluding diaryl/α,β-unsaturated/α-hetero) is 1. The highest BCUT2D eigenvalue weighted by molar-refractivity contribution is 7.98. The molecule has 0 unspecified atom stereocenters. The van der Waals surface area contributed by atoms with E-state index in [2.05, 4.69) is 47.8 Å². The van der Waals surface area contributed by atoms with Crippen LogP contribution in [0.5, 0.6) is 0 Å². The van der Waals surface area contributed by atoms with E-state index in [1.807, 2.05) is 30.5 Å². The third-order valence-electron chi connectivity index (χ3n) is 4.39. The third kappa shape index (κ3) is 4.71. The van der Waals surface area contributed by atoms with Gasteiger partial charge in [0.25, 0.3) is 0 Å². The van der Waals surface area contributed by atoms with Crippen LogP contribution >= 0.6 is 11.8 Å².